The second-order valence-corrected chi connectivity index (χ2v) is 7.65. The van der Waals surface area contributed by atoms with E-state index in [2.05, 4.69) is 28.8 Å². The Morgan fingerprint density at radius 2 is 1.80 bits per heavy atom. The standard InChI is InChI=1S/C21H32N2O2/c24-20-12-10-18(11-13-20)23-21(25)7-3-4-14-22-19-9-8-16-5-1-2-6-17(16)15-19/h8-9,15,18,20,22,24H,1-7,10-14H2,(H,23,25). The van der Waals surface area contributed by atoms with E-state index in [1.165, 1.54) is 42.5 Å². The van der Waals surface area contributed by atoms with Gasteiger partial charge in [-0.05, 0) is 87.5 Å². The number of unbranched alkanes of at least 4 members (excludes halogenated alkanes) is 1. The molecule has 0 spiro atoms. The fourth-order valence-electron chi connectivity index (χ4n) is 4.01. The number of amides is 1. The molecule has 0 saturated heterocycles. The molecule has 4 nitrogen and oxygen atoms in total. The number of fused-ring (bicyclic) bond motifs is 1. The van der Waals surface area contributed by atoms with Gasteiger partial charge < -0.3 is 15.7 Å². The van der Waals surface area contributed by atoms with E-state index in [-0.39, 0.29) is 18.1 Å². The Morgan fingerprint density at radius 3 is 2.60 bits per heavy atom. The number of benzene rings is 1. The second-order valence-electron chi connectivity index (χ2n) is 7.65. The number of carbonyl (C=O) groups excluding carboxylic acids is 1. The molecule has 1 aromatic carbocycles. The lowest BCUT2D eigenvalue weighted by Gasteiger charge is -2.26. The van der Waals surface area contributed by atoms with E-state index in [0.717, 1.165) is 45.1 Å². The van der Waals surface area contributed by atoms with Crippen molar-refractivity contribution in [1.29, 1.82) is 0 Å². The summed E-state index contributed by atoms with van der Waals surface area (Å²) in [4.78, 5) is 12.0. The smallest absolute Gasteiger partial charge is 0.220 e. The van der Waals surface area contributed by atoms with Crippen LogP contribution in [0.1, 0.15) is 68.9 Å². The van der Waals surface area contributed by atoms with Crippen molar-refractivity contribution in [3.63, 3.8) is 0 Å². The molecule has 4 heteroatoms. The van der Waals surface area contributed by atoms with Crippen LogP contribution < -0.4 is 10.6 Å². The summed E-state index contributed by atoms with van der Waals surface area (Å²) in [5, 5.41) is 16.1. The molecule has 0 heterocycles. The summed E-state index contributed by atoms with van der Waals surface area (Å²) >= 11 is 0. The SMILES string of the molecule is O=C(CCCCNc1ccc2c(c1)CCCC2)NC1CCC(O)CC1. The summed E-state index contributed by atoms with van der Waals surface area (Å²) in [6.07, 6.45) is 10.9. The van der Waals surface area contributed by atoms with Gasteiger partial charge in [-0.1, -0.05) is 6.07 Å². The van der Waals surface area contributed by atoms with Gasteiger partial charge in [0, 0.05) is 24.7 Å². The molecule has 3 N–H and O–H groups in total. The summed E-state index contributed by atoms with van der Waals surface area (Å²) < 4.78 is 0. The number of aliphatic hydroxyl groups is 1. The summed E-state index contributed by atoms with van der Waals surface area (Å²) in [6.45, 7) is 0.918. The molecule has 0 aliphatic heterocycles. The van der Waals surface area contributed by atoms with Crippen LogP contribution in [0.25, 0.3) is 0 Å². The van der Waals surface area contributed by atoms with E-state index >= 15 is 0 Å². The Kier molecular flexibility index (Phi) is 6.74. The molecule has 138 valence electrons. The van der Waals surface area contributed by atoms with Crippen LogP contribution in [-0.4, -0.2) is 29.7 Å². The maximum atomic E-state index is 12.0. The molecule has 0 atom stereocenters. The molecule has 0 aromatic heterocycles. The van der Waals surface area contributed by atoms with Crippen molar-refractivity contribution in [3.8, 4) is 0 Å². The van der Waals surface area contributed by atoms with E-state index < -0.39 is 0 Å². The first-order valence-electron chi connectivity index (χ1n) is 10.0. The van der Waals surface area contributed by atoms with Gasteiger partial charge in [0.15, 0.2) is 0 Å². The number of nitrogens with one attached hydrogen (secondary N) is 2. The van der Waals surface area contributed by atoms with Crippen LogP contribution in [0.15, 0.2) is 18.2 Å². The van der Waals surface area contributed by atoms with Gasteiger partial charge in [0.2, 0.25) is 5.91 Å². The highest BCUT2D eigenvalue weighted by Crippen LogP contribution is 2.24. The van der Waals surface area contributed by atoms with Crippen LogP contribution in [0.3, 0.4) is 0 Å². The molecule has 0 unspecified atom stereocenters. The predicted molar refractivity (Wildman–Crippen MR) is 102 cm³/mol. The van der Waals surface area contributed by atoms with Gasteiger partial charge in [-0.2, -0.15) is 0 Å². The number of carbonyl (C=O) groups is 1. The first-order chi connectivity index (χ1) is 12.2. The van der Waals surface area contributed by atoms with Crippen molar-refractivity contribution < 1.29 is 9.90 Å². The van der Waals surface area contributed by atoms with E-state index in [0.29, 0.717) is 6.42 Å². The maximum Gasteiger partial charge on any atom is 0.220 e. The Hall–Kier alpha value is -1.55. The zero-order chi connectivity index (χ0) is 17.5. The first kappa shape index (κ1) is 18.2. The van der Waals surface area contributed by atoms with Crippen LogP contribution in [0.2, 0.25) is 0 Å². The number of anilines is 1. The minimum atomic E-state index is -0.164. The molecule has 1 saturated carbocycles. The van der Waals surface area contributed by atoms with Crippen molar-refractivity contribution in [2.75, 3.05) is 11.9 Å². The minimum Gasteiger partial charge on any atom is -0.393 e. The first-order valence-corrected chi connectivity index (χ1v) is 10.0. The quantitative estimate of drug-likeness (QED) is 0.663. The molecule has 2 aliphatic rings. The number of hydrogen-bond acceptors (Lipinski definition) is 3. The molecule has 2 aliphatic carbocycles. The molecule has 1 aromatic rings. The van der Waals surface area contributed by atoms with Crippen LogP contribution in [-0.2, 0) is 17.6 Å². The van der Waals surface area contributed by atoms with Crippen molar-refractivity contribution in [1.82, 2.24) is 5.32 Å². The topological polar surface area (TPSA) is 61.4 Å². The molecule has 1 amide bonds. The average Bonchev–Trinajstić information content (AvgIpc) is 2.63. The Balaban J connectivity index is 1.29. The van der Waals surface area contributed by atoms with Crippen molar-refractivity contribution >= 4 is 11.6 Å². The number of rotatable bonds is 7. The number of aliphatic hydroxyl groups excluding tert-OH is 1. The molecule has 3 rings (SSSR count). The third-order valence-electron chi connectivity index (χ3n) is 5.57. The van der Waals surface area contributed by atoms with Gasteiger partial charge in [-0.25, -0.2) is 0 Å². The van der Waals surface area contributed by atoms with Crippen molar-refractivity contribution in [2.45, 2.75) is 82.8 Å². The van der Waals surface area contributed by atoms with Crippen LogP contribution in [0.4, 0.5) is 5.69 Å². The largest absolute Gasteiger partial charge is 0.393 e. The van der Waals surface area contributed by atoms with Gasteiger partial charge >= 0.3 is 0 Å². The highest BCUT2D eigenvalue weighted by molar-refractivity contribution is 5.76. The van der Waals surface area contributed by atoms with E-state index in [4.69, 9.17) is 0 Å². The van der Waals surface area contributed by atoms with E-state index in [1.807, 2.05) is 0 Å². The summed E-state index contributed by atoms with van der Waals surface area (Å²) in [6, 6.07) is 7.03. The molecular weight excluding hydrogens is 312 g/mol. The van der Waals surface area contributed by atoms with Gasteiger partial charge in [0.1, 0.15) is 0 Å². The van der Waals surface area contributed by atoms with E-state index in [9.17, 15) is 9.90 Å². The highest BCUT2D eigenvalue weighted by atomic mass is 16.3. The summed E-state index contributed by atoms with van der Waals surface area (Å²) in [7, 11) is 0. The lowest BCUT2D eigenvalue weighted by molar-refractivity contribution is -0.122. The fraction of sp³-hybridized carbons (Fsp3) is 0.667. The lowest BCUT2D eigenvalue weighted by atomic mass is 9.91. The average molecular weight is 344 g/mol. The van der Waals surface area contributed by atoms with Crippen molar-refractivity contribution in [3.05, 3.63) is 29.3 Å². The third-order valence-corrected chi connectivity index (χ3v) is 5.57. The van der Waals surface area contributed by atoms with Gasteiger partial charge in [0.25, 0.3) is 0 Å². The third kappa shape index (κ3) is 5.74. The van der Waals surface area contributed by atoms with Crippen LogP contribution >= 0.6 is 0 Å². The van der Waals surface area contributed by atoms with Gasteiger partial charge in [-0.3, -0.25) is 4.79 Å². The maximum absolute atomic E-state index is 12.0. The van der Waals surface area contributed by atoms with Crippen LogP contribution in [0.5, 0.6) is 0 Å². The van der Waals surface area contributed by atoms with Crippen LogP contribution in [0, 0.1) is 0 Å². The zero-order valence-corrected chi connectivity index (χ0v) is 15.2. The summed E-state index contributed by atoms with van der Waals surface area (Å²) in [5.41, 5.74) is 4.24. The monoisotopic (exact) mass is 344 g/mol. The highest BCUT2D eigenvalue weighted by Gasteiger charge is 2.20. The molecule has 0 radical (unpaired) electrons. The minimum absolute atomic E-state index is 0.162. The van der Waals surface area contributed by atoms with Gasteiger partial charge in [-0.15, -0.1) is 0 Å². The fourth-order valence-corrected chi connectivity index (χ4v) is 4.01. The molecule has 1 fully saturated rings. The number of hydrogen-bond donors (Lipinski definition) is 3. The molecular formula is C21H32N2O2. The van der Waals surface area contributed by atoms with E-state index in [1.54, 1.807) is 0 Å². The Labute approximate surface area is 151 Å². The molecule has 25 heavy (non-hydrogen) atoms. The number of aryl methyl sites for hydroxylation is 2. The summed E-state index contributed by atoms with van der Waals surface area (Å²) in [5.74, 6) is 0.162. The predicted octanol–water partition coefficient (Wildman–Crippen LogP) is 3.57. The lowest BCUT2D eigenvalue weighted by Crippen LogP contribution is -2.38. The normalized spacial score (nSPS) is 22.9. The Bertz CT molecular complexity index is 565. The van der Waals surface area contributed by atoms with Gasteiger partial charge in [0.05, 0.1) is 6.10 Å². The zero-order valence-electron chi connectivity index (χ0n) is 15.2. The van der Waals surface area contributed by atoms with Crippen molar-refractivity contribution in [2.24, 2.45) is 0 Å². The second kappa shape index (κ2) is 9.23. The Morgan fingerprint density at radius 1 is 1.04 bits per heavy atom. The molecule has 0 bridgehead atoms.